The number of aryl methyl sites for hydroxylation is 1. The zero-order valence-corrected chi connectivity index (χ0v) is 13.6. The summed E-state index contributed by atoms with van der Waals surface area (Å²) in [4.78, 5) is 8.79. The molecule has 0 atom stereocenters. The second kappa shape index (κ2) is 5.95. The molecule has 1 aromatic carbocycles. The number of nitrogens with zero attached hydrogens (tertiary/aromatic N) is 1. The number of nitrogens with one attached hydrogen (secondary N) is 1. The quantitative estimate of drug-likeness (QED) is 0.732. The summed E-state index contributed by atoms with van der Waals surface area (Å²) in [5.74, 6) is 0.995. The maximum absolute atomic E-state index is 5.43. The Morgan fingerprint density at radius 3 is 3.00 bits per heavy atom. The van der Waals surface area contributed by atoms with Gasteiger partial charge in [-0.15, -0.1) is 11.3 Å². The van der Waals surface area contributed by atoms with E-state index in [1.54, 1.807) is 6.20 Å². The lowest BCUT2D eigenvalue weighted by molar-refractivity contribution is 0.337. The molecule has 5 heteroatoms. The summed E-state index contributed by atoms with van der Waals surface area (Å²) in [5, 5.41) is 1.82. The highest BCUT2D eigenvalue weighted by atomic mass is 32.1. The van der Waals surface area contributed by atoms with Crippen LogP contribution in [-0.4, -0.2) is 21.6 Å². The molecule has 2 aromatic heterocycles. The normalized spacial score (nSPS) is 11.0. The van der Waals surface area contributed by atoms with Crippen LogP contribution in [0.15, 0.2) is 30.6 Å². The molecule has 0 saturated carbocycles. The molecule has 2 heterocycles. The Kier molecular flexibility index (Phi) is 4.03. The van der Waals surface area contributed by atoms with Gasteiger partial charge in [-0.3, -0.25) is 0 Å². The van der Waals surface area contributed by atoms with Gasteiger partial charge in [0.1, 0.15) is 5.82 Å². The summed E-state index contributed by atoms with van der Waals surface area (Å²) < 4.78 is 6.70. The van der Waals surface area contributed by atoms with E-state index in [9.17, 15) is 0 Å². The first-order valence-corrected chi connectivity index (χ1v) is 8.09. The van der Waals surface area contributed by atoms with Crippen LogP contribution in [0.1, 0.15) is 28.8 Å². The van der Waals surface area contributed by atoms with Crippen LogP contribution in [0.3, 0.4) is 0 Å². The van der Waals surface area contributed by atoms with E-state index in [1.807, 2.05) is 30.5 Å². The number of thiocarbonyl (C=S) groups is 1. The van der Waals surface area contributed by atoms with Gasteiger partial charge in [0.2, 0.25) is 0 Å². The van der Waals surface area contributed by atoms with Crippen LogP contribution in [-0.2, 0) is 11.2 Å². The number of benzene rings is 1. The number of fused-ring (bicyclic) bond motifs is 1. The zero-order valence-electron chi connectivity index (χ0n) is 12.0. The van der Waals surface area contributed by atoms with E-state index >= 15 is 0 Å². The summed E-state index contributed by atoms with van der Waals surface area (Å²) in [7, 11) is 0. The van der Waals surface area contributed by atoms with Crippen molar-refractivity contribution in [3.63, 3.8) is 0 Å². The molecule has 0 unspecified atom stereocenters. The standard InChI is InChI=1S/C16H16N2OS2/c1-3-19-16(20)11-4-5-13-12(8-11)10(2)14(21-13)9-15-17-6-7-18-15/h4-8H,3,9H2,1-2H3,(H,17,18). The zero-order chi connectivity index (χ0) is 14.8. The number of aromatic amines is 1. The molecule has 3 nitrogen and oxygen atoms in total. The van der Waals surface area contributed by atoms with Crippen molar-refractivity contribution in [2.45, 2.75) is 20.3 Å². The monoisotopic (exact) mass is 316 g/mol. The van der Waals surface area contributed by atoms with Crippen molar-refractivity contribution in [2.24, 2.45) is 0 Å². The third-order valence-electron chi connectivity index (χ3n) is 3.43. The Morgan fingerprint density at radius 1 is 1.43 bits per heavy atom. The predicted molar refractivity (Wildman–Crippen MR) is 91.3 cm³/mol. The van der Waals surface area contributed by atoms with Gasteiger partial charge in [-0.1, -0.05) is 0 Å². The van der Waals surface area contributed by atoms with Gasteiger partial charge in [-0.05, 0) is 55.2 Å². The van der Waals surface area contributed by atoms with Gasteiger partial charge >= 0.3 is 0 Å². The van der Waals surface area contributed by atoms with Crippen molar-refractivity contribution in [2.75, 3.05) is 6.61 Å². The largest absolute Gasteiger partial charge is 0.483 e. The highest BCUT2D eigenvalue weighted by molar-refractivity contribution is 7.80. The number of rotatable bonds is 4. The molecule has 0 fully saturated rings. The van der Waals surface area contributed by atoms with Gasteiger partial charge in [0.15, 0.2) is 5.05 Å². The van der Waals surface area contributed by atoms with E-state index in [-0.39, 0.29) is 0 Å². The number of ether oxygens (including phenoxy) is 1. The third-order valence-corrected chi connectivity index (χ3v) is 5.06. The number of aromatic nitrogens is 2. The maximum atomic E-state index is 5.43. The average Bonchev–Trinajstić information content (AvgIpc) is 3.09. The summed E-state index contributed by atoms with van der Waals surface area (Å²) in [6.45, 7) is 4.70. The number of imidazole rings is 1. The van der Waals surface area contributed by atoms with Crippen LogP contribution in [0.4, 0.5) is 0 Å². The van der Waals surface area contributed by atoms with Gasteiger partial charge in [-0.2, -0.15) is 0 Å². The molecule has 0 radical (unpaired) electrons. The molecule has 21 heavy (non-hydrogen) atoms. The molecule has 3 aromatic rings. The minimum Gasteiger partial charge on any atom is -0.483 e. The van der Waals surface area contributed by atoms with E-state index in [0.29, 0.717) is 11.7 Å². The van der Waals surface area contributed by atoms with Crippen LogP contribution in [0.25, 0.3) is 10.1 Å². The van der Waals surface area contributed by atoms with Crippen molar-refractivity contribution < 1.29 is 4.74 Å². The summed E-state index contributed by atoms with van der Waals surface area (Å²) >= 11 is 7.10. The molecule has 0 saturated heterocycles. The Hall–Kier alpha value is -1.72. The van der Waals surface area contributed by atoms with Gasteiger partial charge in [0.05, 0.1) is 6.61 Å². The molecule has 3 rings (SSSR count). The highest BCUT2D eigenvalue weighted by Gasteiger charge is 2.12. The Balaban J connectivity index is 1.98. The Labute approximate surface area is 133 Å². The van der Waals surface area contributed by atoms with E-state index in [2.05, 4.69) is 29.0 Å². The van der Waals surface area contributed by atoms with Crippen molar-refractivity contribution >= 4 is 38.7 Å². The van der Waals surface area contributed by atoms with Crippen LogP contribution < -0.4 is 0 Å². The molecule has 108 valence electrons. The second-order valence-corrected chi connectivity index (χ2v) is 6.30. The third kappa shape index (κ3) is 2.84. The molecule has 0 aliphatic carbocycles. The van der Waals surface area contributed by atoms with E-state index in [4.69, 9.17) is 17.0 Å². The van der Waals surface area contributed by atoms with Crippen LogP contribution >= 0.6 is 23.6 Å². The van der Waals surface area contributed by atoms with Crippen molar-refractivity contribution in [3.05, 3.63) is 52.4 Å². The number of thiophene rings is 1. The summed E-state index contributed by atoms with van der Waals surface area (Å²) in [6, 6.07) is 6.29. The molecule has 0 spiro atoms. The highest BCUT2D eigenvalue weighted by Crippen LogP contribution is 2.32. The number of hydrogen-bond donors (Lipinski definition) is 1. The average molecular weight is 316 g/mol. The molecular weight excluding hydrogens is 300 g/mol. The Morgan fingerprint density at radius 2 is 2.29 bits per heavy atom. The molecule has 1 N–H and O–H groups in total. The van der Waals surface area contributed by atoms with Crippen LogP contribution in [0, 0.1) is 6.92 Å². The van der Waals surface area contributed by atoms with Crippen molar-refractivity contribution in [3.8, 4) is 0 Å². The minimum absolute atomic E-state index is 0.567. The smallest absolute Gasteiger partial charge is 0.191 e. The lowest BCUT2D eigenvalue weighted by Gasteiger charge is -2.05. The summed E-state index contributed by atoms with van der Waals surface area (Å²) in [6.07, 6.45) is 4.48. The molecule has 0 amide bonds. The lowest BCUT2D eigenvalue weighted by Crippen LogP contribution is -2.02. The number of hydrogen-bond acceptors (Lipinski definition) is 4. The topological polar surface area (TPSA) is 37.9 Å². The van der Waals surface area contributed by atoms with Gasteiger partial charge < -0.3 is 9.72 Å². The van der Waals surface area contributed by atoms with Gasteiger partial charge in [0.25, 0.3) is 0 Å². The fourth-order valence-corrected chi connectivity index (χ4v) is 3.77. The fourth-order valence-electron chi connectivity index (χ4n) is 2.33. The van der Waals surface area contributed by atoms with Crippen LogP contribution in [0.5, 0.6) is 0 Å². The first-order valence-electron chi connectivity index (χ1n) is 6.86. The first kappa shape index (κ1) is 14.2. The van der Waals surface area contributed by atoms with Crippen molar-refractivity contribution in [1.29, 1.82) is 0 Å². The van der Waals surface area contributed by atoms with E-state index in [0.717, 1.165) is 17.8 Å². The fraction of sp³-hybridized carbons (Fsp3) is 0.250. The molecule has 0 aliphatic rings. The second-order valence-electron chi connectivity index (χ2n) is 4.79. The van der Waals surface area contributed by atoms with Gasteiger partial charge in [0, 0.05) is 34.0 Å². The summed E-state index contributed by atoms with van der Waals surface area (Å²) in [5.41, 5.74) is 2.28. The molecular formula is C16H16N2OS2. The Bertz CT molecular complexity index is 775. The molecule has 0 aliphatic heterocycles. The molecule has 0 bridgehead atoms. The lowest BCUT2D eigenvalue weighted by atomic mass is 10.1. The first-order chi connectivity index (χ1) is 10.2. The maximum Gasteiger partial charge on any atom is 0.191 e. The minimum atomic E-state index is 0.567. The predicted octanol–water partition coefficient (Wildman–Crippen LogP) is 4.24. The van der Waals surface area contributed by atoms with Crippen LogP contribution in [0.2, 0.25) is 0 Å². The van der Waals surface area contributed by atoms with E-state index < -0.39 is 0 Å². The SMILES string of the molecule is CCOC(=S)c1ccc2sc(Cc3ncc[nH]3)c(C)c2c1. The van der Waals surface area contributed by atoms with E-state index in [1.165, 1.54) is 20.5 Å². The van der Waals surface area contributed by atoms with Gasteiger partial charge in [-0.25, -0.2) is 4.98 Å². The van der Waals surface area contributed by atoms with Crippen molar-refractivity contribution in [1.82, 2.24) is 9.97 Å². The number of H-pyrrole nitrogens is 1.